The lowest BCUT2D eigenvalue weighted by atomic mass is 9.80. The lowest BCUT2D eigenvalue weighted by Gasteiger charge is -2.48. The number of furan rings is 1. The van der Waals surface area contributed by atoms with Gasteiger partial charge in [-0.3, -0.25) is 9.69 Å². The topological polar surface area (TPSA) is 54.7 Å². The first-order valence-corrected chi connectivity index (χ1v) is 9.29. The molecule has 3 fully saturated rings. The highest BCUT2D eigenvalue weighted by Gasteiger charge is 2.39. The van der Waals surface area contributed by atoms with Crippen molar-refractivity contribution in [3.8, 4) is 11.7 Å². The third kappa shape index (κ3) is 3.87. The van der Waals surface area contributed by atoms with Crippen LogP contribution in [-0.2, 0) is 6.18 Å². The molecule has 5 rings (SSSR count). The largest absolute Gasteiger partial charge is 0.449 e. The van der Waals surface area contributed by atoms with E-state index in [1.54, 1.807) is 12.1 Å². The maximum atomic E-state index is 12.6. The standard InChI is InChI=1S/C20H21F3N2O3/c1-12-10-14-8-9-25(12)11-16(14)24-19(26)13-2-4-15(5-3-13)27-18-7-6-17(28-18)20(21,22)23/h2-7,12,14,16H,8-11H2,1H3,(H,24,26). The molecule has 4 unspecified atom stereocenters. The Hall–Kier alpha value is -2.48. The minimum absolute atomic E-state index is 0.150. The first-order valence-electron chi connectivity index (χ1n) is 9.29. The van der Waals surface area contributed by atoms with Crippen LogP contribution in [0.4, 0.5) is 13.2 Å². The Morgan fingerprint density at radius 3 is 2.54 bits per heavy atom. The van der Waals surface area contributed by atoms with Crippen molar-refractivity contribution in [2.24, 2.45) is 5.92 Å². The number of ether oxygens (including phenoxy) is 1. The highest BCUT2D eigenvalue weighted by molar-refractivity contribution is 5.94. The van der Waals surface area contributed by atoms with Crippen LogP contribution in [0.15, 0.2) is 40.8 Å². The van der Waals surface area contributed by atoms with Gasteiger partial charge >= 0.3 is 6.18 Å². The molecular weight excluding hydrogens is 373 g/mol. The average Bonchev–Trinajstić information content (AvgIpc) is 3.12. The van der Waals surface area contributed by atoms with Crippen LogP contribution < -0.4 is 10.1 Å². The minimum Gasteiger partial charge on any atom is -0.426 e. The fraction of sp³-hybridized carbons (Fsp3) is 0.450. The summed E-state index contributed by atoms with van der Waals surface area (Å²) < 4.78 is 47.6. The Morgan fingerprint density at radius 2 is 1.96 bits per heavy atom. The van der Waals surface area contributed by atoms with Gasteiger partial charge in [0.25, 0.3) is 11.9 Å². The lowest BCUT2D eigenvalue weighted by Crippen LogP contribution is -2.60. The molecule has 0 spiro atoms. The summed E-state index contributed by atoms with van der Waals surface area (Å²) in [6.45, 7) is 4.19. The second kappa shape index (κ2) is 7.16. The van der Waals surface area contributed by atoms with Crippen molar-refractivity contribution in [1.82, 2.24) is 10.2 Å². The Morgan fingerprint density at radius 1 is 1.21 bits per heavy atom. The number of nitrogens with one attached hydrogen (secondary N) is 1. The number of hydrogen-bond acceptors (Lipinski definition) is 4. The fourth-order valence-electron chi connectivity index (χ4n) is 4.03. The van der Waals surface area contributed by atoms with Crippen molar-refractivity contribution in [1.29, 1.82) is 0 Å². The van der Waals surface area contributed by atoms with Crippen LogP contribution in [0.2, 0.25) is 0 Å². The second-order valence-electron chi connectivity index (χ2n) is 7.45. The van der Waals surface area contributed by atoms with Crippen molar-refractivity contribution < 1.29 is 27.1 Å². The normalized spacial score (nSPS) is 26.9. The molecule has 1 aromatic carbocycles. The summed E-state index contributed by atoms with van der Waals surface area (Å²) in [5.74, 6) is -0.740. The molecule has 3 aliphatic rings. The number of fused-ring (bicyclic) bond motifs is 3. The van der Waals surface area contributed by atoms with Crippen molar-refractivity contribution in [3.63, 3.8) is 0 Å². The summed E-state index contributed by atoms with van der Waals surface area (Å²) >= 11 is 0. The van der Waals surface area contributed by atoms with Crippen LogP contribution in [0.25, 0.3) is 0 Å². The number of amides is 1. The molecular formula is C20H21F3N2O3. The monoisotopic (exact) mass is 394 g/mol. The zero-order chi connectivity index (χ0) is 19.9. The van der Waals surface area contributed by atoms with Gasteiger partial charge in [0.1, 0.15) is 5.75 Å². The van der Waals surface area contributed by atoms with Gasteiger partial charge in [-0.25, -0.2) is 0 Å². The number of halogens is 3. The summed E-state index contributed by atoms with van der Waals surface area (Å²) in [6.07, 6.45) is -2.36. The van der Waals surface area contributed by atoms with E-state index in [-0.39, 0.29) is 23.6 Å². The Bertz CT molecular complexity index is 847. The Labute approximate surface area is 160 Å². The molecule has 1 amide bonds. The smallest absolute Gasteiger partial charge is 0.426 e. The summed E-state index contributed by atoms with van der Waals surface area (Å²) in [5.41, 5.74) is 0.479. The molecule has 0 aliphatic carbocycles. The maximum absolute atomic E-state index is 12.6. The molecule has 0 saturated carbocycles. The van der Waals surface area contributed by atoms with Gasteiger partial charge in [-0.1, -0.05) is 0 Å². The molecule has 0 radical (unpaired) electrons. The van der Waals surface area contributed by atoms with Gasteiger partial charge in [-0.2, -0.15) is 13.2 Å². The van der Waals surface area contributed by atoms with E-state index in [1.807, 2.05) is 0 Å². The number of benzene rings is 1. The molecule has 4 atom stereocenters. The summed E-state index contributed by atoms with van der Waals surface area (Å²) in [5, 5.41) is 3.11. The molecule has 150 valence electrons. The number of nitrogens with zero attached hydrogens (tertiary/aromatic N) is 1. The van der Waals surface area contributed by atoms with Gasteiger partial charge < -0.3 is 14.5 Å². The highest BCUT2D eigenvalue weighted by Crippen LogP contribution is 2.34. The van der Waals surface area contributed by atoms with Crippen LogP contribution in [-0.4, -0.2) is 36.0 Å². The van der Waals surface area contributed by atoms with Crippen molar-refractivity contribution >= 4 is 5.91 Å². The molecule has 2 aromatic rings. The number of alkyl halides is 3. The van der Waals surface area contributed by atoms with Gasteiger partial charge in [-0.15, -0.1) is 0 Å². The van der Waals surface area contributed by atoms with Gasteiger partial charge in [0.2, 0.25) is 5.76 Å². The van der Waals surface area contributed by atoms with E-state index in [2.05, 4.69) is 21.6 Å². The number of carbonyl (C=O) groups is 1. The van der Waals surface area contributed by atoms with Crippen molar-refractivity contribution in [2.75, 3.05) is 13.1 Å². The SMILES string of the molecule is CC1CC2CCN1CC2NC(=O)c1ccc(Oc2ccc(C(F)(F)F)o2)cc1. The number of carbonyl (C=O) groups excluding carboxylic acids is 1. The lowest BCUT2D eigenvalue weighted by molar-refractivity contribution is -0.153. The fourth-order valence-corrected chi connectivity index (χ4v) is 4.03. The number of rotatable bonds is 4. The van der Waals surface area contributed by atoms with Crippen LogP contribution in [0.3, 0.4) is 0 Å². The zero-order valence-electron chi connectivity index (χ0n) is 15.3. The van der Waals surface area contributed by atoms with E-state index >= 15 is 0 Å². The van der Waals surface area contributed by atoms with Crippen LogP contribution in [0.1, 0.15) is 35.9 Å². The first-order chi connectivity index (χ1) is 13.3. The summed E-state index contributed by atoms with van der Waals surface area (Å²) in [6, 6.07) is 8.88. The van der Waals surface area contributed by atoms with Crippen LogP contribution in [0, 0.1) is 5.92 Å². The predicted octanol–water partition coefficient (Wildman–Crippen LogP) is 4.30. The average molecular weight is 394 g/mol. The van der Waals surface area contributed by atoms with E-state index < -0.39 is 11.9 Å². The third-order valence-electron chi connectivity index (χ3n) is 5.57. The molecule has 2 bridgehead atoms. The second-order valence-corrected chi connectivity index (χ2v) is 7.45. The first kappa shape index (κ1) is 18.9. The molecule has 3 saturated heterocycles. The van der Waals surface area contributed by atoms with E-state index in [0.717, 1.165) is 38.1 Å². The molecule has 28 heavy (non-hydrogen) atoms. The number of piperidine rings is 3. The molecule has 8 heteroatoms. The van der Waals surface area contributed by atoms with E-state index in [9.17, 15) is 18.0 Å². The summed E-state index contributed by atoms with van der Waals surface area (Å²) in [7, 11) is 0. The van der Waals surface area contributed by atoms with Crippen LogP contribution >= 0.6 is 0 Å². The van der Waals surface area contributed by atoms with Gasteiger partial charge in [0.15, 0.2) is 0 Å². The number of hydrogen-bond donors (Lipinski definition) is 1. The highest BCUT2D eigenvalue weighted by atomic mass is 19.4. The van der Waals surface area contributed by atoms with Crippen molar-refractivity contribution in [2.45, 2.75) is 38.0 Å². The predicted molar refractivity (Wildman–Crippen MR) is 95.2 cm³/mol. The Balaban J connectivity index is 1.36. The molecule has 4 heterocycles. The minimum atomic E-state index is -4.56. The molecule has 1 N–H and O–H groups in total. The molecule has 3 aliphatic heterocycles. The summed E-state index contributed by atoms with van der Waals surface area (Å²) in [4.78, 5) is 14.9. The van der Waals surface area contributed by atoms with E-state index in [1.165, 1.54) is 12.1 Å². The van der Waals surface area contributed by atoms with Crippen molar-refractivity contribution in [3.05, 3.63) is 47.7 Å². The van der Waals surface area contributed by atoms with E-state index in [0.29, 0.717) is 17.5 Å². The Kier molecular flexibility index (Phi) is 4.82. The maximum Gasteiger partial charge on any atom is 0.449 e. The quantitative estimate of drug-likeness (QED) is 0.840. The zero-order valence-corrected chi connectivity index (χ0v) is 15.3. The molecule has 1 aromatic heterocycles. The van der Waals surface area contributed by atoms with Gasteiger partial charge in [0, 0.05) is 30.3 Å². The molecule has 5 nitrogen and oxygen atoms in total. The van der Waals surface area contributed by atoms with Crippen LogP contribution in [0.5, 0.6) is 11.7 Å². The van der Waals surface area contributed by atoms with Gasteiger partial charge in [0.05, 0.1) is 0 Å². The third-order valence-corrected chi connectivity index (χ3v) is 5.57. The van der Waals surface area contributed by atoms with E-state index in [4.69, 9.17) is 4.74 Å². The van der Waals surface area contributed by atoms with Gasteiger partial charge in [-0.05, 0) is 62.6 Å².